The molecule has 4 heteroatoms. The third-order valence-corrected chi connectivity index (χ3v) is 2.14. The number of carbonyl (C=O) groups is 1. The number of nitrogens with zero attached hydrogens (tertiary/aromatic N) is 1. The molecule has 0 radical (unpaired) electrons. The van der Waals surface area contributed by atoms with E-state index in [1.807, 2.05) is 6.92 Å². The van der Waals surface area contributed by atoms with E-state index in [9.17, 15) is 9.59 Å². The molecule has 78 valence electrons. The third-order valence-electron chi connectivity index (χ3n) is 2.14. The minimum Gasteiger partial charge on any atom is -0.325 e. The van der Waals surface area contributed by atoms with Gasteiger partial charge < -0.3 is 4.98 Å². The largest absolute Gasteiger partial charge is 0.325 e. The van der Waals surface area contributed by atoms with Crippen LogP contribution in [0.25, 0.3) is 0 Å². The summed E-state index contributed by atoms with van der Waals surface area (Å²) >= 11 is 0. The van der Waals surface area contributed by atoms with Gasteiger partial charge in [-0.15, -0.1) is 0 Å². The summed E-state index contributed by atoms with van der Waals surface area (Å²) < 4.78 is 0. The molecule has 0 fully saturated rings. The Morgan fingerprint density at radius 3 is 2.80 bits per heavy atom. The molecule has 0 spiro atoms. The van der Waals surface area contributed by atoms with E-state index in [-0.39, 0.29) is 11.3 Å². The monoisotopic (exact) mass is 204 g/mol. The van der Waals surface area contributed by atoms with Crippen LogP contribution < -0.4 is 5.56 Å². The molecule has 0 atom stereocenters. The van der Waals surface area contributed by atoms with E-state index < -0.39 is 5.56 Å². The number of carbonyl (C=O) groups excluding carboxylic acids is 1. The number of nitriles is 1. The molecule has 0 saturated carbocycles. The number of rotatable bonds is 3. The molecule has 1 rings (SSSR count). The van der Waals surface area contributed by atoms with Crippen LogP contribution in [0.4, 0.5) is 0 Å². The van der Waals surface area contributed by atoms with Crippen LogP contribution in [0.3, 0.4) is 0 Å². The van der Waals surface area contributed by atoms with Gasteiger partial charge in [0.2, 0.25) is 0 Å². The van der Waals surface area contributed by atoms with Gasteiger partial charge in [-0.1, -0.05) is 6.92 Å². The van der Waals surface area contributed by atoms with Crippen molar-refractivity contribution in [3.8, 4) is 6.07 Å². The summed E-state index contributed by atoms with van der Waals surface area (Å²) in [7, 11) is 0. The molecular weight excluding hydrogens is 192 g/mol. The quantitative estimate of drug-likeness (QED) is 0.759. The number of aryl methyl sites for hydroxylation is 1. The molecule has 0 bridgehead atoms. The van der Waals surface area contributed by atoms with Gasteiger partial charge in [-0.2, -0.15) is 5.26 Å². The smallest absolute Gasteiger partial charge is 0.266 e. The molecule has 0 aliphatic rings. The fourth-order valence-corrected chi connectivity index (χ4v) is 1.36. The van der Waals surface area contributed by atoms with E-state index in [2.05, 4.69) is 4.98 Å². The predicted octanol–water partition coefficient (Wildman–Crippen LogP) is 1.54. The van der Waals surface area contributed by atoms with Crippen LogP contribution in [0.2, 0.25) is 0 Å². The summed E-state index contributed by atoms with van der Waals surface area (Å²) in [5, 5.41) is 8.66. The molecule has 0 aromatic carbocycles. The maximum absolute atomic E-state index is 11.6. The van der Waals surface area contributed by atoms with Crippen molar-refractivity contribution in [2.45, 2.75) is 26.7 Å². The number of aromatic amines is 1. The van der Waals surface area contributed by atoms with E-state index in [4.69, 9.17) is 5.26 Å². The van der Waals surface area contributed by atoms with Gasteiger partial charge in [0.1, 0.15) is 11.6 Å². The summed E-state index contributed by atoms with van der Waals surface area (Å²) in [6.07, 6.45) is 1.18. The molecular formula is C11H12N2O2. The molecule has 0 aliphatic carbocycles. The molecule has 1 aromatic heterocycles. The highest BCUT2D eigenvalue weighted by atomic mass is 16.1. The normalized spacial score (nSPS) is 9.67. The second-order valence-corrected chi connectivity index (χ2v) is 3.34. The lowest BCUT2D eigenvalue weighted by Gasteiger charge is -2.03. The zero-order chi connectivity index (χ0) is 11.4. The third kappa shape index (κ3) is 2.32. The summed E-state index contributed by atoms with van der Waals surface area (Å²) in [6.45, 7) is 3.57. The fourth-order valence-electron chi connectivity index (χ4n) is 1.36. The Hall–Kier alpha value is -1.89. The van der Waals surface area contributed by atoms with Gasteiger partial charge in [-0.05, 0) is 19.4 Å². The number of hydrogen-bond donors (Lipinski definition) is 1. The van der Waals surface area contributed by atoms with Gasteiger partial charge in [-0.3, -0.25) is 9.59 Å². The van der Waals surface area contributed by atoms with Crippen LogP contribution in [0, 0.1) is 18.3 Å². The zero-order valence-electron chi connectivity index (χ0n) is 8.76. The second kappa shape index (κ2) is 4.56. The first-order chi connectivity index (χ1) is 7.10. The van der Waals surface area contributed by atoms with Crippen molar-refractivity contribution in [3.63, 3.8) is 0 Å². The number of ketones is 1. The highest BCUT2D eigenvalue weighted by Crippen LogP contribution is 2.08. The maximum Gasteiger partial charge on any atom is 0.266 e. The molecule has 0 aliphatic heterocycles. The highest BCUT2D eigenvalue weighted by molar-refractivity contribution is 5.97. The van der Waals surface area contributed by atoms with Crippen LogP contribution in [0.15, 0.2) is 10.9 Å². The molecule has 0 unspecified atom stereocenters. The second-order valence-electron chi connectivity index (χ2n) is 3.34. The molecule has 1 aromatic rings. The lowest BCUT2D eigenvalue weighted by molar-refractivity contribution is 0.0980. The van der Waals surface area contributed by atoms with Gasteiger partial charge in [-0.25, -0.2) is 0 Å². The van der Waals surface area contributed by atoms with Crippen LogP contribution in [0.5, 0.6) is 0 Å². The minimum absolute atomic E-state index is 0.0138. The first-order valence-corrected chi connectivity index (χ1v) is 4.77. The SMILES string of the molecule is CCCC(=O)c1cc(C#N)c(=O)[nH]c1C. The molecule has 0 saturated heterocycles. The summed E-state index contributed by atoms with van der Waals surface area (Å²) in [5.74, 6) is -0.0391. The van der Waals surface area contributed by atoms with Crippen molar-refractivity contribution in [2.24, 2.45) is 0 Å². The van der Waals surface area contributed by atoms with Gasteiger partial charge >= 0.3 is 0 Å². The van der Waals surface area contributed by atoms with Crippen molar-refractivity contribution >= 4 is 5.78 Å². The molecule has 0 amide bonds. The Kier molecular flexibility index (Phi) is 3.40. The Morgan fingerprint density at radius 2 is 2.27 bits per heavy atom. The number of aromatic nitrogens is 1. The fraction of sp³-hybridized carbons (Fsp3) is 0.364. The van der Waals surface area contributed by atoms with E-state index in [1.54, 1.807) is 13.0 Å². The summed E-state index contributed by atoms with van der Waals surface area (Å²) in [5.41, 5.74) is 0.508. The van der Waals surface area contributed by atoms with Crippen molar-refractivity contribution < 1.29 is 4.79 Å². The number of H-pyrrole nitrogens is 1. The average molecular weight is 204 g/mol. The Labute approximate surface area is 87.6 Å². The number of hydrogen-bond acceptors (Lipinski definition) is 3. The molecule has 1 heterocycles. The van der Waals surface area contributed by atoms with Gasteiger partial charge in [0.25, 0.3) is 5.56 Å². The number of nitrogens with one attached hydrogen (secondary N) is 1. The first-order valence-electron chi connectivity index (χ1n) is 4.77. The standard InChI is InChI=1S/C11H12N2O2/c1-3-4-10(14)9-5-8(6-12)11(15)13-7(9)2/h5H,3-4H2,1-2H3,(H,13,15). The van der Waals surface area contributed by atoms with Crippen molar-refractivity contribution in [1.82, 2.24) is 4.98 Å². The zero-order valence-corrected chi connectivity index (χ0v) is 8.76. The van der Waals surface area contributed by atoms with E-state index in [0.717, 1.165) is 6.42 Å². The van der Waals surface area contributed by atoms with Gasteiger partial charge in [0, 0.05) is 17.7 Å². The van der Waals surface area contributed by atoms with E-state index >= 15 is 0 Å². The molecule has 15 heavy (non-hydrogen) atoms. The number of pyridine rings is 1. The van der Waals surface area contributed by atoms with E-state index in [0.29, 0.717) is 17.7 Å². The Morgan fingerprint density at radius 1 is 1.60 bits per heavy atom. The van der Waals surface area contributed by atoms with Crippen molar-refractivity contribution in [3.05, 3.63) is 33.2 Å². The summed E-state index contributed by atoms with van der Waals surface area (Å²) in [6, 6.07) is 3.13. The maximum atomic E-state index is 11.6. The Balaban J connectivity index is 3.26. The highest BCUT2D eigenvalue weighted by Gasteiger charge is 2.11. The van der Waals surface area contributed by atoms with Crippen molar-refractivity contribution in [1.29, 1.82) is 5.26 Å². The first kappa shape index (κ1) is 11.2. The van der Waals surface area contributed by atoms with Crippen LogP contribution >= 0.6 is 0 Å². The molecule has 1 N–H and O–H groups in total. The van der Waals surface area contributed by atoms with Crippen LogP contribution in [0.1, 0.15) is 41.4 Å². The van der Waals surface area contributed by atoms with Gasteiger partial charge in [0.15, 0.2) is 5.78 Å². The lowest BCUT2D eigenvalue weighted by Crippen LogP contribution is -2.15. The van der Waals surface area contributed by atoms with Crippen molar-refractivity contribution in [2.75, 3.05) is 0 Å². The van der Waals surface area contributed by atoms with Crippen LogP contribution in [-0.4, -0.2) is 10.8 Å². The van der Waals surface area contributed by atoms with Gasteiger partial charge in [0.05, 0.1) is 0 Å². The predicted molar refractivity (Wildman–Crippen MR) is 55.8 cm³/mol. The lowest BCUT2D eigenvalue weighted by atomic mass is 10.0. The Bertz CT molecular complexity index is 480. The number of Topliss-reactive ketones (excluding diaryl/α,β-unsaturated/α-hetero) is 1. The van der Waals surface area contributed by atoms with E-state index in [1.165, 1.54) is 6.07 Å². The van der Waals surface area contributed by atoms with Crippen LogP contribution in [-0.2, 0) is 0 Å². The topological polar surface area (TPSA) is 73.7 Å². The minimum atomic E-state index is -0.442. The summed E-state index contributed by atoms with van der Waals surface area (Å²) in [4.78, 5) is 25.3. The average Bonchev–Trinajstić information content (AvgIpc) is 2.18. The molecule has 4 nitrogen and oxygen atoms in total.